The number of rotatable bonds is 8. The Balaban J connectivity index is 1.39. The molecule has 0 aliphatic rings. The quantitative estimate of drug-likeness (QED) is 0.148. The van der Waals surface area contributed by atoms with E-state index in [1.165, 1.54) is 0 Å². The number of benzene rings is 4. The minimum absolute atomic E-state index is 0.443. The lowest BCUT2D eigenvalue weighted by molar-refractivity contribution is 1.05. The van der Waals surface area contributed by atoms with E-state index in [1.807, 2.05) is 112 Å². The maximum atomic E-state index is 5.06. The predicted molar refractivity (Wildman–Crippen MR) is 203 cm³/mol. The maximum Gasteiger partial charge on any atom is 0.198 e. The molecule has 9 aromatic rings. The molecule has 0 aliphatic carbocycles. The maximum absolute atomic E-state index is 5.06. The van der Waals surface area contributed by atoms with E-state index in [0.717, 1.165) is 33.8 Å². The third-order valence-electron chi connectivity index (χ3n) is 8.58. The second-order valence-electron chi connectivity index (χ2n) is 11.7. The molecule has 52 heavy (non-hydrogen) atoms. The zero-order chi connectivity index (χ0) is 35.0. The van der Waals surface area contributed by atoms with Crippen molar-refractivity contribution in [1.82, 2.24) is 48.6 Å². The Bertz CT molecular complexity index is 2630. The van der Waals surface area contributed by atoms with Crippen molar-refractivity contribution in [3.05, 3.63) is 134 Å². The molecule has 12 heteroatoms. The van der Waals surface area contributed by atoms with Crippen LogP contribution >= 0.6 is 0 Å². The largest absolute Gasteiger partial charge is 0.275 e. The van der Waals surface area contributed by atoms with Crippen molar-refractivity contribution < 1.29 is 0 Å². The van der Waals surface area contributed by atoms with E-state index >= 15 is 0 Å². The van der Waals surface area contributed by atoms with Gasteiger partial charge in [0.15, 0.2) is 34.2 Å². The molecule has 5 heterocycles. The fourth-order valence-electron chi connectivity index (χ4n) is 6.43. The Hall–Kier alpha value is -7.47. The van der Waals surface area contributed by atoms with Crippen LogP contribution in [0.25, 0.3) is 73.8 Å². The van der Waals surface area contributed by atoms with Gasteiger partial charge in [-0.25, -0.2) is 44.9 Å². The van der Waals surface area contributed by atoms with Crippen molar-refractivity contribution in [2.75, 3.05) is 0 Å². The van der Waals surface area contributed by atoms with Crippen LogP contribution in [-0.2, 0) is 0 Å². The molecule has 12 nitrogen and oxygen atoms in total. The van der Waals surface area contributed by atoms with Gasteiger partial charge in [-0.3, -0.25) is 13.7 Å². The first-order chi connectivity index (χ1) is 25.7. The SMILES string of the molecule is C=Nc1c(N=CC)nc(-c2cc(-c3nc4nccnc4n3-c3ccccc3)cc(-c3nc4nccnc4n3-c3ccccc3)c2)n1-c1ccccc1. The fraction of sp³-hybridized carbons (Fsp3) is 0.0250. The summed E-state index contributed by atoms with van der Waals surface area (Å²) in [5.41, 5.74) is 7.24. The van der Waals surface area contributed by atoms with Crippen LogP contribution in [0.3, 0.4) is 0 Å². The molecule has 0 bridgehead atoms. The Morgan fingerprint density at radius 2 is 0.923 bits per heavy atom. The highest BCUT2D eigenvalue weighted by Crippen LogP contribution is 2.40. The van der Waals surface area contributed by atoms with E-state index < -0.39 is 0 Å². The van der Waals surface area contributed by atoms with Gasteiger partial charge in [0.05, 0.1) is 0 Å². The van der Waals surface area contributed by atoms with E-state index in [4.69, 9.17) is 24.9 Å². The molecule has 0 radical (unpaired) electrons. The molecule has 0 atom stereocenters. The molecule has 0 aliphatic heterocycles. The van der Waals surface area contributed by atoms with Crippen LogP contribution < -0.4 is 0 Å². The van der Waals surface area contributed by atoms with Gasteiger partial charge in [0.1, 0.15) is 17.5 Å². The normalized spacial score (nSPS) is 11.6. The first-order valence-corrected chi connectivity index (χ1v) is 16.5. The first kappa shape index (κ1) is 30.6. The summed E-state index contributed by atoms with van der Waals surface area (Å²) in [4.78, 5) is 42.7. The fourth-order valence-corrected chi connectivity index (χ4v) is 6.43. The Kier molecular flexibility index (Phi) is 7.51. The second kappa shape index (κ2) is 12.8. The molecule has 9 rings (SSSR count). The van der Waals surface area contributed by atoms with E-state index in [1.54, 1.807) is 31.0 Å². The van der Waals surface area contributed by atoms with Crippen LogP contribution in [0.5, 0.6) is 0 Å². The predicted octanol–water partition coefficient (Wildman–Crippen LogP) is 8.19. The van der Waals surface area contributed by atoms with Gasteiger partial charge in [-0.05, 0) is 68.2 Å². The van der Waals surface area contributed by atoms with Crippen molar-refractivity contribution in [2.45, 2.75) is 6.92 Å². The highest BCUT2D eigenvalue weighted by atomic mass is 15.2. The first-order valence-electron chi connectivity index (χ1n) is 16.5. The van der Waals surface area contributed by atoms with Gasteiger partial charge in [0.2, 0.25) is 0 Å². The van der Waals surface area contributed by atoms with E-state index in [9.17, 15) is 0 Å². The summed E-state index contributed by atoms with van der Waals surface area (Å²) >= 11 is 0. The smallest absolute Gasteiger partial charge is 0.198 e. The Morgan fingerprint density at radius 3 is 1.35 bits per heavy atom. The molecule has 5 aromatic heterocycles. The van der Waals surface area contributed by atoms with Crippen LogP contribution in [0.2, 0.25) is 0 Å². The van der Waals surface area contributed by atoms with Crippen molar-refractivity contribution in [2.24, 2.45) is 9.98 Å². The van der Waals surface area contributed by atoms with Crippen molar-refractivity contribution in [3.8, 4) is 51.2 Å². The van der Waals surface area contributed by atoms with Crippen molar-refractivity contribution in [1.29, 1.82) is 0 Å². The minimum atomic E-state index is 0.443. The molecule has 0 saturated heterocycles. The van der Waals surface area contributed by atoms with Gasteiger partial charge in [0.25, 0.3) is 0 Å². The molecule has 0 unspecified atom stereocenters. The number of aromatic nitrogens is 10. The number of hydrogen-bond acceptors (Lipinski definition) is 9. The lowest BCUT2D eigenvalue weighted by Gasteiger charge is -2.15. The number of fused-ring (bicyclic) bond motifs is 2. The number of nitrogens with zero attached hydrogens (tertiary/aromatic N) is 12. The average molecular weight is 677 g/mol. The third kappa shape index (κ3) is 5.13. The van der Waals surface area contributed by atoms with Crippen molar-refractivity contribution in [3.63, 3.8) is 0 Å². The molecule has 0 spiro atoms. The molecule has 0 N–H and O–H groups in total. The van der Waals surface area contributed by atoms with Crippen LogP contribution in [0, 0.1) is 0 Å². The van der Waals surface area contributed by atoms with Crippen molar-refractivity contribution >= 4 is 47.2 Å². The van der Waals surface area contributed by atoms with E-state index in [-0.39, 0.29) is 0 Å². The molecule has 0 fully saturated rings. The molecule has 248 valence electrons. The summed E-state index contributed by atoms with van der Waals surface area (Å²) in [6.07, 6.45) is 8.34. The van der Waals surface area contributed by atoms with Crippen LogP contribution in [0.4, 0.5) is 11.6 Å². The second-order valence-corrected chi connectivity index (χ2v) is 11.7. The van der Waals surface area contributed by atoms with E-state index in [2.05, 4.69) is 44.9 Å². The molecular formula is C40H28N12. The molecule has 0 amide bonds. The zero-order valence-electron chi connectivity index (χ0n) is 27.9. The van der Waals surface area contributed by atoms with Gasteiger partial charge >= 0.3 is 0 Å². The topological polar surface area (TPSA) is 130 Å². The van der Waals surface area contributed by atoms with Gasteiger partial charge in [-0.2, -0.15) is 0 Å². The Labute approximate surface area is 297 Å². The van der Waals surface area contributed by atoms with E-state index in [0.29, 0.717) is 51.7 Å². The summed E-state index contributed by atoms with van der Waals surface area (Å²) in [6.45, 7) is 5.74. The van der Waals surface area contributed by atoms with Gasteiger partial charge < -0.3 is 0 Å². The standard InChI is InChI=1S/C40H28N12/c1-3-42-32-38(41-2)50(29-13-7-4-8-14-29)35(47-32)26-23-27(36-48-33-39(45-21-19-43-33)51(36)30-15-9-5-10-16-30)25-28(24-26)37-49-34-40(46-22-20-44-34)52(37)31-17-11-6-12-18-31/h3-25H,2H2,1H3. The van der Waals surface area contributed by atoms with Crippen LogP contribution in [-0.4, -0.2) is 61.5 Å². The number of imidazole rings is 3. The highest BCUT2D eigenvalue weighted by Gasteiger charge is 2.25. The molecule has 4 aromatic carbocycles. The monoisotopic (exact) mass is 676 g/mol. The lowest BCUT2D eigenvalue weighted by atomic mass is 10.0. The minimum Gasteiger partial charge on any atom is -0.275 e. The lowest BCUT2D eigenvalue weighted by Crippen LogP contribution is -2.02. The average Bonchev–Trinajstić information content (AvgIpc) is 3.91. The Morgan fingerprint density at radius 1 is 0.519 bits per heavy atom. The number of para-hydroxylation sites is 3. The summed E-state index contributed by atoms with van der Waals surface area (Å²) in [7, 11) is 0. The number of hydrogen-bond donors (Lipinski definition) is 0. The highest BCUT2D eigenvalue weighted by molar-refractivity contribution is 5.85. The van der Waals surface area contributed by atoms with Gasteiger partial charge in [-0.1, -0.05) is 54.6 Å². The summed E-state index contributed by atoms with van der Waals surface area (Å²) in [5.74, 6) is 2.84. The van der Waals surface area contributed by atoms with Crippen LogP contribution in [0.15, 0.2) is 144 Å². The summed E-state index contributed by atoms with van der Waals surface area (Å²) in [5, 5.41) is 0. The summed E-state index contributed by atoms with van der Waals surface area (Å²) < 4.78 is 5.99. The molecule has 0 saturated carbocycles. The van der Waals surface area contributed by atoms with Gasteiger partial charge in [0, 0.05) is 64.8 Å². The summed E-state index contributed by atoms with van der Waals surface area (Å²) in [6, 6.07) is 36.1. The zero-order valence-corrected chi connectivity index (χ0v) is 27.9. The third-order valence-corrected chi connectivity index (χ3v) is 8.58. The van der Waals surface area contributed by atoms with Gasteiger partial charge in [-0.15, -0.1) is 0 Å². The van der Waals surface area contributed by atoms with Crippen LogP contribution in [0.1, 0.15) is 6.92 Å². The molecular weight excluding hydrogens is 649 g/mol. The number of aliphatic imine (C=N–C) groups is 2.